The van der Waals surface area contributed by atoms with Crippen LogP contribution in [0.3, 0.4) is 0 Å². The fraction of sp³-hybridized carbons (Fsp3) is 1.00. The van der Waals surface area contributed by atoms with Crippen LogP contribution in [0.4, 0.5) is 0 Å². The van der Waals surface area contributed by atoms with Crippen molar-refractivity contribution in [3.8, 4) is 0 Å². The zero-order valence-electron chi connectivity index (χ0n) is 14.4. The van der Waals surface area contributed by atoms with Crippen LogP contribution in [-0.4, -0.2) is 25.3 Å². The minimum atomic E-state index is 0.443. The van der Waals surface area contributed by atoms with Crippen LogP contribution in [0.5, 0.6) is 0 Å². The van der Waals surface area contributed by atoms with Crippen molar-refractivity contribution >= 4 is 0 Å². The van der Waals surface area contributed by atoms with Crippen LogP contribution in [0.2, 0.25) is 0 Å². The molecule has 1 saturated heterocycles. The Kier molecular flexibility index (Phi) is 3.09. The minimum Gasteiger partial charge on any atom is -0.375 e. The average Bonchev–Trinajstić information content (AvgIpc) is 2.32. The summed E-state index contributed by atoms with van der Waals surface area (Å²) in [6.45, 7) is 12.0. The molecule has 4 aliphatic carbocycles. The average molecular weight is 291 g/mol. The van der Waals surface area contributed by atoms with Gasteiger partial charge in [0.05, 0.1) is 12.7 Å². The molecule has 1 aliphatic heterocycles. The molecular formula is C19H33NO. The van der Waals surface area contributed by atoms with Gasteiger partial charge in [0.25, 0.3) is 0 Å². The molecule has 0 amide bonds. The van der Waals surface area contributed by atoms with E-state index in [-0.39, 0.29) is 0 Å². The number of nitrogens with one attached hydrogen (secondary N) is 1. The van der Waals surface area contributed by atoms with E-state index in [0.717, 1.165) is 25.0 Å². The molecule has 0 aromatic carbocycles. The normalized spacial score (nSPS) is 59.4. The highest BCUT2D eigenvalue weighted by atomic mass is 16.5. The molecule has 2 heteroatoms. The zero-order chi connectivity index (χ0) is 14.9. The summed E-state index contributed by atoms with van der Waals surface area (Å²) >= 11 is 0. The molecule has 0 radical (unpaired) electrons. The number of hydrogen-bond donors (Lipinski definition) is 1. The van der Waals surface area contributed by atoms with Crippen molar-refractivity contribution in [3.63, 3.8) is 0 Å². The molecule has 5 fully saturated rings. The molecule has 1 N–H and O–H groups in total. The third kappa shape index (κ3) is 2.28. The van der Waals surface area contributed by atoms with Crippen molar-refractivity contribution in [2.45, 2.75) is 78.4 Å². The molecule has 5 atom stereocenters. The summed E-state index contributed by atoms with van der Waals surface area (Å²) < 4.78 is 6.13. The predicted molar refractivity (Wildman–Crippen MR) is 86.2 cm³/mol. The lowest BCUT2D eigenvalue weighted by atomic mass is 9.37. The molecule has 5 aliphatic rings. The van der Waals surface area contributed by atoms with Crippen molar-refractivity contribution in [2.75, 3.05) is 13.2 Å². The highest BCUT2D eigenvalue weighted by Crippen LogP contribution is 2.72. The first-order valence-electron chi connectivity index (χ1n) is 9.16. The zero-order valence-corrected chi connectivity index (χ0v) is 14.4. The maximum Gasteiger partial charge on any atom is 0.0728 e. The lowest BCUT2D eigenvalue weighted by Crippen LogP contribution is -2.60. The summed E-state index contributed by atoms with van der Waals surface area (Å²) in [5.74, 6) is 1.85. The summed E-state index contributed by atoms with van der Waals surface area (Å²) in [6.07, 6.45) is 9.11. The summed E-state index contributed by atoms with van der Waals surface area (Å²) in [5, 5.41) is 3.61. The van der Waals surface area contributed by atoms with Crippen molar-refractivity contribution in [3.05, 3.63) is 0 Å². The lowest BCUT2D eigenvalue weighted by Gasteiger charge is -2.68. The smallest absolute Gasteiger partial charge is 0.0728 e. The molecule has 0 aromatic rings. The van der Waals surface area contributed by atoms with Gasteiger partial charge in [-0.1, -0.05) is 20.8 Å². The van der Waals surface area contributed by atoms with Gasteiger partial charge in [0, 0.05) is 12.6 Å². The summed E-state index contributed by atoms with van der Waals surface area (Å²) in [5.41, 5.74) is 1.85. The van der Waals surface area contributed by atoms with E-state index < -0.39 is 0 Å². The quantitative estimate of drug-likeness (QED) is 0.830. The Balaban J connectivity index is 1.57. The van der Waals surface area contributed by atoms with Gasteiger partial charge in [0.15, 0.2) is 0 Å². The van der Waals surface area contributed by atoms with Gasteiger partial charge in [-0.05, 0) is 73.5 Å². The van der Waals surface area contributed by atoms with Crippen LogP contribution < -0.4 is 5.32 Å². The Bertz CT molecular complexity index is 415. The number of rotatable bonds is 2. The summed E-state index contributed by atoms with van der Waals surface area (Å²) in [4.78, 5) is 0. The van der Waals surface area contributed by atoms with Crippen molar-refractivity contribution in [1.29, 1.82) is 0 Å². The molecule has 1 heterocycles. The Morgan fingerprint density at radius 2 is 1.71 bits per heavy atom. The maximum atomic E-state index is 6.13. The molecule has 4 saturated carbocycles. The van der Waals surface area contributed by atoms with Crippen molar-refractivity contribution < 1.29 is 4.74 Å². The van der Waals surface area contributed by atoms with Gasteiger partial charge in [0.1, 0.15) is 0 Å². The monoisotopic (exact) mass is 291 g/mol. The molecule has 5 unspecified atom stereocenters. The van der Waals surface area contributed by atoms with E-state index in [0.29, 0.717) is 28.4 Å². The number of ether oxygens (including phenoxy) is 1. The third-order valence-corrected chi connectivity index (χ3v) is 7.43. The Morgan fingerprint density at radius 1 is 1.05 bits per heavy atom. The van der Waals surface area contributed by atoms with E-state index in [1.807, 2.05) is 0 Å². The van der Waals surface area contributed by atoms with Gasteiger partial charge in [0.2, 0.25) is 0 Å². The largest absolute Gasteiger partial charge is 0.375 e. The van der Waals surface area contributed by atoms with E-state index >= 15 is 0 Å². The lowest BCUT2D eigenvalue weighted by molar-refractivity contribution is -0.189. The molecule has 0 spiro atoms. The predicted octanol–water partition coefficient (Wildman–Crippen LogP) is 4.00. The van der Waals surface area contributed by atoms with Gasteiger partial charge < -0.3 is 10.1 Å². The van der Waals surface area contributed by atoms with Crippen LogP contribution in [0, 0.1) is 28.1 Å². The van der Waals surface area contributed by atoms with Gasteiger partial charge in [-0.15, -0.1) is 0 Å². The fourth-order valence-corrected chi connectivity index (χ4v) is 7.68. The molecule has 5 rings (SSSR count). The second-order valence-electron chi connectivity index (χ2n) is 9.97. The van der Waals surface area contributed by atoms with Crippen LogP contribution >= 0.6 is 0 Å². The highest BCUT2D eigenvalue weighted by Gasteiger charge is 2.62. The third-order valence-electron chi connectivity index (χ3n) is 7.43. The molecule has 21 heavy (non-hydrogen) atoms. The van der Waals surface area contributed by atoms with Gasteiger partial charge in [-0.3, -0.25) is 0 Å². The van der Waals surface area contributed by atoms with Crippen LogP contribution in [0.1, 0.15) is 66.2 Å². The van der Waals surface area contributed by atoms with Crippen molar-refractivity contribution in [1.82, 2.24) is 5.32 Å². The Hall–Kier alpha value is -0.0800. The van der Waals surface area contributed by atoms with E-state index in [4.69, 9.17) is 4.74 Å². The van der Waals surface area contributed by atoms with Gasteiger partial charge >= 0.3 is 0 Å². The summed E-state index contributed by atoms with van der Waals surface area (Å²) in [6, 6.07) is 0.533. The van der Waals surface area contributed by atoms with E-state index in [1.54, 1.807) is 0 Å². The van der Waals surface area contributed by atoms with E-state index in [1.165, 1.54) is 38.5 Å². The molecule has 4 bridgehead atoms. The fourth-order valence-electron chi connectivity index (χ4n) is 7.68. The Labute approximate surface area is 130 Å². The molecule has 120 valence electrons. The highest BCUT2D eigenvalue weighted by molar-refractivity contribution is 5.12. The first-order chi connectivity index (χ1) is 9.81. The molecular weight excluding hydrogens is 258 g/mol. The maximum absolute atomic E-state index is 6.13. The molecule has 0 aromatic heterocycles. The SMILES string of the molecule is CC1NCCOC1CC1C2CC3(C)CC(C)(C2)CC1(C)C3. The number of morpholine rings is 1. The van der Waals surface area contributed by atoms with Gasteiger partial charge in [-0.2, -0.15) is 0 Å². The topological polar surface area (TPSA) is 21.3 Å². The standard InChI is InChI=1S/C19H33NO/c1-13-16(21-6-5-20-13)7-15-14-8-17(2)10-18(3,9-14)12-19(15,4)11-17/h13-16,20H,5-12H2,1-4H3. The first kappa shape index (κ1) is 14.5. The van der Waals surface area contributed by atoms with Crippen molar-refractivity contribution in [2.24, 2.45) is 28.1 Å². The second kappa shape index (κ2) is 4.47. The Morgan fingerprint density at radius 3 is 2.29 bits per heavy atom. The molecule has 2 nitrogen and oxygen atoms in total. The first-order valence-corrected chi connectivity index (χ1v) is 9.16. The van der Waals surface area contributed by atoms with E-state index in [9.17, 15) is 0 Å². The summed E-state index contributed by atoms with van der Waals surface area (Å²) in [7, 11) is 0. The van der Waals surface area contributed by atoms with E-state index in [2.05, 4.69) is 33.0 Å². The van der Waals surface area contributed by atoms with Gasteiger partial charge in [-0.25, -0.2) is 0 Å². The van der Waals surface area contributed by atoms with Crippen LogP contribution in [0.15, 0.2) is 0 Å². The van der Waals surface area contributed by atoms with Crippen LogP contribution in [0.25, 0.3) is 0 Å². The minimum absolute atomic E-state index is 0.443. The second-order valence-corrected chi connectivity index (χ2v) is 9.97. The number of hydrogen-bond acceptors (Lipinski definition) is 2. The van der Waals surface area contributed by atoms with Crippen LogP contribution in [-0.2, 0) is 4.74 Å².